The van der Waals surface area contributed by atoms with E-state index in [1.54, 1.807) is 0 Å². The van der Waals surface area contributed by atoms with Crippen molar-refractivity contribution in [2.75, 3.05) is 24.8 Å². The monoisotopic (exact) mass is 264 g/mol. The maximum atomic E-state index is 11.3. The van der Waals surface area contributed by atoms with Crippen LogP contribution < -0.4 is 10.6 Å². The molecule has 96 valence electrons. The van der Waals surface area contributed by atoms with E-state index in [0.29, 0.717) is 12.3 Å². The molecular weight excluding hydrogens is 248 g/mol. The zero-order chi connectivity index (χ0) is 13.2. The summed E-state index contributed by atoms with van der Waals surface area (Å²) in [6, 6.07) is 7.47. The summed E-state index contributed by atoms with van der Waals surface area (Å²) in [4.78, 5) is 11.3. The number of nitrogens with one attached hydrogen (secondary N) is 2. The third-order valence-corrected chi connectivity index (χ3v) is 2.41. The van der Waals surface area contributed by atoms with E-state index < -0.39 is 0 Å². The van der Waals surface area contributed by atoms with Gasteiger partial charge in [0.25, 0.3) is 0 Å². The molecular formula is C14H17ClN2O. The lowest BCUT2D eigenvalue weighted by atomic mass is 10.2. The lowest BCUT2D eigenvalue weighted by Crippen LogP contribution is -2.11. The fourth-order valence-corrected chi connectivity index (χ4v) is 1.47. The van der Waals surface area contributed by atoms with Gasteiger partial charge in [-0.25, -0.2) is 0 Å². The van der Waals surface area contributed by atoms with E-state index in [1.165, 1.54) is 0 Å². The number of hydrogen-bond acceptors (Lipinski definition) is 2. The number of alkyl halides is 1. The molecule has 0 unspecified atom stereocenters. The zero-order valence-corrected chi connectivity index (χ0v) is 11.2. The normalized spacial score (nSPS) is 9.44. The number of anilines is 1. The molecule has 0 aromatic heterocycles. The Labute approximate surface area is 113 Å². The molecule has 3 nitrogen and oxygen atoms in total. The van der Waals surface area contributed by atoms with Gasteiger partial charge in [0.05, 0.1) is 0 Å². The van der Waals surface area contributed by atoms with Crippen molar-refractivity contribution in [2.45, 2.75) is 12.8 Å². The highest BCUT2D eigenvalue weighted by Gasteiger charge is 2.00. The molecule has 1 aromatic carbocycles. The van der Waals surface area contributed by atoms with Gasteiger partial charge in [0.15, 0.2) is 0 Å². The number of halogens is 1. The smallest absolute Gasteiger partial charge is 0.225 e. The van der Waals surface area contributed by atoms with Crippen molar-refractivity contribution < 1.29 is 4.79 Å². The van der Waals surface area contributed by atoms with Crippen LogP contribution in [0.4, 0.5) is 5.69 Å². The van der Waals surface area contributed by atoms with Crippen LogP contribution in [-0.2, 0) is 4.79 Å². The first kappa shape index (κ1) is 14.6. The van der Waals surface area contributed by atoms with Gasteiger partial charge < -0.3 is 10.6 Å². The molecule has 0 aliphatic heterocycles. The Balaban J connectivity index is 2.51. The van der Waals surface area contributed by atoms with Crippen LogP contribution >= 0.6 is 11.6 Å². The molecule has 0 bridgehead atoms. The largest absolute Gasteiger partial charge is 0.326 e. The summed E-state index contributed by atoms with van der Waals surface area (Å²) < 4.78 is 0. The van der Waals surface area contributed by atoms with E-state index in [0.717, 1.165) is 24.2 Å². The van der Waals surface area contributed by atoms with E-state index in [1.807, 2.05) is 31.3 Å². The summed E-state index contributed by atoms with van der Waals surface area (Å²) >= 11 is 5.49. The fraction of sp³-hybridized carbons (Fsp3) is 0.357. The van der Waals surface area contributed by atoms with Crippen molar-refractivity contribution >= 4 is 23.2 Å². The van der Waals surface area contributed by atoms with E-state index in [2.05, 4.69) is 22.5 Å². The third kappa shape index (κ3) is 5.72. The minimum absolute atomic E-state index is 0.0714. The van der Waals surface area contributed by atoms with Crippen LogP contribution in [0.2, 0.25) is 0 Å². The Bertz CT molecular complexity index is 431. The molecule has 2 N–H and O–H groups in total. The molecule has 18 heavy (non-hydrogen) atoms. The van der Waals surface area contributed by atoms with Crippen molar-refractivity contribution in [1.82, 2.24) is 5.32 Å². The van der Waals surface area contributed by atoms with Gasteiger partial charge in [-0.3, -0.25) is 4.79 Å². The highest BCUT2D eigenvalue weighted by atomic mass is 35.5. The first-order valence-corrected chi connectivity index (χ1v) is 6.39. The van der Waals surface area contributed by atoms with Gasteiger partial charge >= 0.3 is 0 Å². The van der Waals surface area contributed by atoms with Crippen LogP contribution in [0.5, 0.6) is 0 Å². The first-order chi connectivity index (χ1) is 8.76. The van der Waals surface area contributed by atoms with Gasteiger partial charge in [0, 0.05) is 36.5 Å². The molecule has 0 fully saturated rings. The van der Waals surface area contributed by atoms with Gasteiger partial charge in [-0.15, -0.1) is 11.6 Å². The van der Waals surface area contributed by atoms with Crippen molar-refractivity contribution in [2.24, 2.45) is 0 Å². The third-order valence-electron chi connectivity index (χ3n) is 2.22. The number of hydrogen-bond donors (Lipinski definition) is 2. The molecule has 0 saturated heterocycles. The average molecular weight is 265 g/mol. The van der Waals surface area contributed by atoms with Crippen molar-refractivity contribution in [3.8, 4) is 11.8 Å². The predicted octanol–water partition coefficient (Wildman–Crippen LogP) is 2.21. The van der Waals surface area contributed by atoms with Gasteiger partial charge in [0.1, 0.15) is 0 Å². The standard InChI is InChI=1S/C14H17ClN2O/c1-16-11-3-2-4-12-5-7-13(8-6-12)17-14(18)9-10-15/h5-8,16H,3,9-11H2,1H3,(H,17,18). The van der Waals surface area contributed by atoms with Crippen molar-refractivity contribution in [3.05, 3.63) is 29.8 Å². The molecule has 0 spiro atoms. The van der Waals surface area contributed by atoms with Crippen LogP contribution in [0.3, 0.4) is 0 Å². The van der Waals surface area contributed by atoms with Crippen LogP contribution in [0.1, 0.15) is 18.4 Å². The molecule has 0 aliphatic rings. The van der Waals surface area contributed by atoms with Crippen LogP contribution in [0.25, 0.3) is 0 Å². The summed E-state index contributed by atoms with van der Waals surface area (Å²) in [6.07, 6.45) is 1.15. The minimum Gasteiger partial charge on any atom is -0.326 e. The fourth-order valence-electron chi connectivity index (χ4n) is 1.30. The van der Waals surface area contributed by atoms with E-state index >= 15 is 0 Å². The van der Waals surface area contributed by atoms with Crippen molar-refractivity contribution in [1.29, 1.82) is 0 Å². The SMILES string of the molecule is CNCCC#Cc1ccc(NC(=O)CCCl)cc1. The van der Waals surface area contributed by atoms with Gasteiger partial charge in [-0.2, -0.15) is 0 Å². The van der Waals surface area contributed by atoms with E-state index in [9.17, 15) is 4.79 Å². The number of carbonyl (C=O) groups is 1. The maximum Gasteiger partial charge on any atom is 0.225 e. The second-order valence-corrected chi connectivity index (χ2v) is 4.10. The zero-order valence-electron chi connectivity index (χ0n) is 10.4. The second-order valence-electron chi connectivity index (χ2n) is 3.72. The number of rotatable bonds is 5. The summed E-state index contributed by atoms with van der Waals surface area (Å²) in [5.74, 6) is 6.39. The molecule has 0 saturated carbocycles. The predicted molar refractivity (Wildman–Crippen MR) is 75.8 cm³/mol. The Morgan fingerprint density at radius 2 is 2.06 bits per heavy atom. The molecule has 0 radical (unpaired) electrons. The molecule has 4 heteroatoms. The summed E-state index contributed by atoms with van der Waals surface area (Å²) in [5, 5.41) is 5.80. The Morgan fingerprint density at radius 1 is 1.33 bits per heavy atom. The number of benzene rings is 1. The second kappa shape index (κ2) is 8.57. The molecule has 0 heterocycles. The molecule has 1 aromatic rings. The molecule has 1 rings (SSSR count). The Kier molecular flexibility index (Phi) is 6.93. The van der Waals surface area contributed by atoms with Crippen LogP contribution in [0.15, 0.2) is 24.3 Å². The van der Waals surface area contributed by atoms with E-state index in [-0.39, 0.29) is 5.91 Å². The quantitative estimate of drug-likeness (QED) is 0.486. The summed E-state index contributed by atoms with van der Waals surface area (Å²) in [6.45, 7) is 0.888. The summed E-state index contributed by atoms with van der Waals surface area (Å²) in [7, 11) is 1.90. The molecule has 0 atom stereocenters. The van der Waals surface area contributed by atoms with E-state index in [4.69, 9.17) is 11.6 Å². The van der Waals surface area contributed by atoms with Crippen LogP contribution in [0, 0.1) is 11.8 Å². The van der Waals surface area contributed by atoms with Crippen LogP contribution in [-0.4, -0.2) is 25.4 Å². The number of amides is 1. The molecule has 0 aliphatic carbocycles. The Morgan fingerprint density at radius 3 is 2.67 bits per heavy atom. The Hall–Kier alpha value is -1.50. The average Bonchev–Trinajstić information content (AvgIpc) is 2.37. The molecule has 1 amide bonds. The van der Waals surface area contributed by atoms with Gasteiger partial charge in [-0.1, -0.05) is 11.8 Å². The van der Waals surface area contributed by atoms with Gasteiger partial charge in [0.2, 0.25) is 5.91 Å². The first-order valence-electron chi connectivity index (χ1n) is 5.85. The minimum atomic E-state index is -0.0714. The lowest BCUT2D eigenvalue weighted by Gasteiger charge is -2.03. The highest BCUT2D eigenvalue weighted by molar-refractivity contribution is 6.19. The highest BCUT2D eigenvalue weighted by Crippen LogP contribution is 2.09. The maximum absolute atomic E-state index is 11.3. The number of carbonyl (C=O) groups excluding carboxylic acids is 1. The van der Waals surface area contributed by atoms with Gasteiger partial charge in [-0.05, 0) is 31.3 Å². The topological polar surface area (TPSA) is 41.1 Å². The van der Waals surface area contributed by atoms with Crippen molar-refractivity contribution in [3.63, 3.8) is 0 Å². The summed E-state index contributed by atoms with van der Waals surface area (Å²) in [5.41, 5.74) is 1.72. The lowest BCUT2D eigenvalue weighted by molar-refractivity contribution is -0.115.